The van der Waals surface area contributed by atoms with Crippen LogP contribution in [0, 0.1) is 11.6 Å². The monoisotopic (exact) mass is 262 g/mol. The van der Waals surface area contributed by atoms with Crippen LogP contribution in [0.15, 0.2) is 36.4 Å². The SMILES string of the molecule is Oc1ccc(C2(c3ccc(O)c(F)c3)CC2)cc1F. The number of hydrogen-bond acceptors (Lipinski definition) is 2. The molecule has 2 N–H and O–H groups in total. The molecule has 0 amide bonds. The summed E-state index contributed by atoms with van der Waals surface area (Å²) in [6.45, 7) is 0. The molecule has 0 radical (unpaired) electrons. The van der Waals surface area contributed by atoms with Gasteiger partial charge in [-0.15, -0.1) is 0 Å². The maximum absolute atomic E-state index is 13.4. The first-order chi connectivity index (χ1) is 9.03. The van der Waals surface area contributed by atoms with E-state index in [4.69, 9.17) is 0 Å². The molecule has 1 fully saturated rings. The van der Waals surface area contributed by atoms with E-state index >= 15 is 0 Å². The molecule has 0 unspecified atom stereocenters. The second-order valence-corrected chi connectivity index (χ2v) is 4.91. The summed E-state index contributed by atoms with van der Waals surface area (Å²) in [6, 6.07) is 8.48. The van der Waals surface area contributed by atoms with Gasteiger partial charge in [0.15, 0.2) is 23.1 Å². The van der Waals surface area contributed by atoms with Crippen molar-refractivity contribution in [1.82, 2.24) is 0 Å². The second kappa shape index (κ2) is 3.95. The molecular formula is C15H12F2O2. The van der Waals surface area contributed by atoms with Crippen molar-refractivity contribution in [3.8, 4) is 11.5 Å². The van der Waals surface area contributed by atoms with Crippen molar-refractivity contribution in [2.75, 3.05) is 0 Å². The number of rotatable bonds is 2. The molecule has 1 aliphatic rings. The highest BCUT2D eigenvalue weighted by Gasteiger charge is 2.46. The van der Waals surface area contributed by atoms with E-state index in [2.05, 4.69) is 0 Å². The molecule has 0 aliphatic heterocycles. The van der Waals surface area contributed by atoms with E-state index in [0.717, 1.165) is 12.8 Å². The van der Waals surface area contributed by atoms with Gasteiger partial charge in [0.05, 0.1) is 0 Å². The Hall–Kier alpha value is -2.10. The van der Waals surface area contributed by atoms with Crippen LogP contribution in [-0.4, -0.2) is 10.2 Å². The largest absolute Gasteiger partial charge is 0.505 e. The van der Waals surface area contributed by atoms with Crippen LogP contribution in [0.4, 0.5) is 8.78 Å². The summed E-state index contributed by atoms with van der Waals surface area (Å²) in [5.74, 6) is -2.14. The highest BCUT2D eigenvalue weighted by atomic mass is 19.1. The van der Waals surface area contributed by atoms with Gasteiger partial charge in [-0.05, 0) is 48.2 Å². The average molecular weight is 262 g/mol. The van der Waals surface area contributed by atoms with Crippen molar-refractivity contribution in [1.29, 1.82) is 0 Å². The third-order valence-electron chi connectivity index (χ3n) is 3.75. The first-order valence-electron chi connectivity index (χ1n) is 6.01. The number of phenolic OH excluding ortho intramolecular Hbond substituents is 2. The normalized spacial score (nSPS) is 16.3. The molecule has 2 aromatic rings. The van der Waals surface area contributed by atoms with Gasteiger partial charge in [0.2, 0.25) is 0 Å². The molecule has 1 aliphatic carbocycles. The maximum Gasteiger partial charge on any atom is 0.165 e. The molecule has 2 nitrogen and oxygen atoms in total. The van der Waals surface area contributed by atoms with Crippen LogP contribution in [0.3, 0.4) is 0 Å². The summed E-state index contributed by atoms with van der Waals surface area (Å²) >= 11 is 0. The van der Waals surface area contributed by atoms with E-state index in [-0.39, 0.29) is 0 Å². The van der Waals surface area contributed by atoms with Gasteiger partial charge in [0, 0.05) is 5.41 Å². The molecule has 0 atom stereocenters. The fraction of sp³-hybridized carbons (Fsp3) is 0.200. The number of benzene rings is 2. The van der Waals surface area contributed by atoms with Crippen molar-refractivity contribution in [3.05, 3.63) is 59.2 Å². The Morgan fingerprint density at radius 2 is 1.21 bits per heavy atom. The van der Waals surface area contributed by atoms with Gasteiger partial charge in [-0.25, -0.2) is 8.78 Å². The summed E-state index contributed by atoms with van der Waals surface area (Å²) < 4.78 is 26.9. The molecule has 1 saturated carbocycles. The van der Waals surface area contributed by atoms with Crippen molar-refractivity contribution in [2.45, 2.75) is 18.3 Å². The molecule has 19 heavy (non-hydrogen) atoms. The van der Waals surface area contributed by atoms with Crippen LogP contribution >= 0.6 is 0 Å². The topological polar surface area (TPSA) is 40.5 Å². The predicted molar refractivity (Wildman–Crippen MR) is 66.1 cm³/mol. The molecular weight excluding hydrogens is 250 g/mol. The lowest BCUT2D eigenvalue weighted by Gasteiger charge is -2.17. The van der Waals surface area contributed by atoms with Crippen LogP contribution in [0.5, 0.6) is 11.5 Å². The third kappa shape index (κ3) is 1.84. The van der Waals surface area contributed by atoms with Gasteiger partial charge in [0.1, 0.15) is 0 Å². The summed E-state index contributed by atoms with van der Waals surface area (Å²) in [4.78, 5) is 0. The lowest BCUT2D eigenvalue weighted by atomic mass is 9.88. The van der Waals surface area contributed by atoms with Crippen molar-refractivity contribution in [2.24, 2.45) is 0 Å². The van der Waals surface area contributed by atoms with Crippen LogP contribution in [0.2, 0.25) is 0 Å². The minimum atomic E-state index is -0.678. The van der Waals surface area contributed by atoms with E-state index < -0.39 is 28.5 Å². The van der Waals surface area contributed by atoms with Gasteiger partial charge in [-0.2, -0.15) is 0 Å². The molecule has 3 rings (SSSR count). The lowest BCUT2D eigenvalue weighted by Crippen LogP contribution is -2.09. The highest BCUT2D eigenvalue weighted by molar-refractivity contribution is 5.48. The Bertz CT molecular complexity index is 595. The zero-order valence-electron chi connectivity index (χ0n) is 10.0. The third-order valence-corrected chi connectivity index (χ3v) is 3.75. The van der Waals surface area contributed by atoms with Crippen molar-refractivity contribution >= 4 is 0 Å². The van der Waals surface area contributed by atoms with Crippen LogP contribution in [0.25, 0.3) is 0 Å². The second-order valence-electron chi connectivity index (χ2n) is 4.91. The van der Waals surface area contributed by atoms with Gasteiger partial charge >= 0.3 is 0 Å². The minimum absolute atomic E-state index is 0.392. The van der Waals surface area contributed by atoms with Crippen molar-refractivity contribution < 1.29 is 19.0 Å². The van der Waals surface area contributed by atoms with Gasteiger partial charge in [-0.1, -0.05) is 12.1 Å². The molecule has 0 bridgehead atoms. The Balaban J connectivity index is 2.07. The molecule has 98 valence electrons. The summed E-state index contributed by atoms with van der Waals surface area (Å²) in [5.41, 5.74) is 1.03. The van der Waals surface area contributed by atoms with E-state index in [1.54, 1.807) is 12.1 Å². The Labute approximate surface area is 108 Å². The van der Waals surface area contributed by atoms with Crippen LogP contribution in [-0.2, 0) is 5.41 Å². The molecule has 0 spiro atoms. The quantitative estimate of drug-likeness (QED) is 0.870. The molecule has 0 heterocycles. The van der Waals surface area contributed by atoms with Gasteiger partial charge < -0.3 is 10.2 Å². The number of aromatic hydroxyl groups is 2. The molecule has 0 aromatic heterocycles. The molecule has 4 heteroatoms. The predicted octanol–water partition coefficient (Wildman–Crippen LogP) is 3.46. The Kier molecular flexibility index (Phi) is 2.49. The van der Waals surface area contributed by atoms with Crippen molar-refractivity contribution in [3.63, 3.8) is 0 Å². The van der Waals surface area contributed by atoms with Gasteiger partial charge in [0.25, 0.3) is 0 Å². The average Bonchev–Trinajstić information content (AvgIpc) is 3.17. The lowest BCUT2D eigenvalue weighted by molar-refractivity contribution is 0.430. The summed E-state index contributed by atoms with van der Waals surface area (Å²) in [7, 11) is 0. The molecule has 0 saturated heterocycles. The van der Waals surface area contributed by atoms with E-state index in [0.29, 0.717) is 11.1 Å². The first-order valence-corrected chi connectivity index (χ1v) is 6.01. The number of phenols is 2. The van der Waals surface area contributed by atoms with E-state index in [1.165, 1.54) is 24.3 Å². The van der Waals surface area contributed by atoms with E-state index in [9.17, 15) is 19.0 Å². The minimum Gasteiger partial charge on any atom is -0.505 e. The summed E-state index contributed by atoms with van der Waals surface area (Å²) in [6.07, 6.45) is 1.59. The fourth-order valence-corrected chi connectivity index (χ4v) is 2.48. The zero-order valence-corrected chi connectivity index (χ0v) is 10.0. The van der Waals surface area contributed by atoms with Crippen LogP contribution in [0.1, 0.15) is 24.0 Å². The van der Waals surface area contributed by atoms with Gasteiger partial charge in [-0.3, -0.25) is 0 Å². The maximum atomic E-state index is 13.4. The summed E-state index contributed by atoms with van der Waals surface area (Å²) in [5, 5.41) is 18.4. The van der Waals surface area contributed by atoms with Crippen LogP contribution < -0.4 is 0 Å². The number of halogens is 2. The van der Waals surface area contributed by atoms with E-state index in [1.807, 2.05) is 0 Å². The highest BCUT2D eigenvalue weighted by Crippen LogP contribution is 2.54. The number of hydrogen-bond donors (Lipinski definition) is 2. The molecule has 2 aromatic carbocycles. The zero-order chi connectivity index (χ0) is 13.6. The first kappa shape index (κ1) is 12.0. The smallest absolute Gasteiger partial charge is 0.165 e. The Morgan fingerprint density at radius 3 is 1.53 bits per heavy atom. The standard InChI is InChI=1S/C15H12F2O2/c16-11-7-9(1-3-13(11)18)15(5-6-15)10-2-4-14(19)12(17)8-10/h1-4,7-8,18-19H,5-6H2. The fourth-order valence-electron chi connectivity index (χ4n) is 2.48. The Morgan fingerprint density at radius 1 is 0.789 bits per heavy atom.